The molecule has 3 aromatic rings. The summed E-state index contributed by atoms with van der Waals surface area (Å²) in [7, 11) is 0. The van der Waals surface area contributed by atoms with Crippen molar-refractivity contribution in [1.82, 2.24) is 0 Å². The van der Waals surface area contributed by atoms with E-state index in [1.54, 1.807) is 6.07 Å². The molecule has 0 fully saturated rings. The molecule has 0 aliphatic heterocycles. The number of aliphatic hydroxyl groups is 1. The van der Waals surface area contributed by atoms with Crippen LogP contribution in [-0.2, 0) is 5.60 Å². The highest BCUT2D eigenvalue weighted by Gasteiger charge is 2.42. The molecule has 0 spiro atoms. The topological polar surface area (TPSA) is 20.2 Å². The lowest BCUT2D eigenvalue weighted by Gasteiger charge is -2.26. The van der Waals surface area contributed by atoms with Gasteiger partial charge in [0.15, 0.2) is 0 Å². The normalized spacial score (nSPS) is 19.1. The van der Waals surface area contributed by atoms with Gasteiger partial charge in [-0.2, -0.15) is 0 Å². The van der Waals surface area contributed by atoms with Crippen molar-refractivity contribution < 1.29 is 9.50 Å². The summed E-state index contributed by atoms with van der Waals surface area (Å²) < 4.78 is 13.7. The smallest absolute Gasteiger partial charge is 0.141 e. The Morgan fingerprint density at radius 2 is 1.38 bits per heavy atom. The molecule has 0 aromatic heterocycles. The first kappa shape index (κ1) is 12.3. The summed E-state index contributed by atoms with van der Waals surface area (Å²) in [5, 5.41) is 11.4. The molecule has 1 aliphatic carbocycles. The van der Waals surface area contributed by atoms with Crippen molar-refractivity contribution >= 4 is 0 Å². The highest BCUT2D eigenvalue weighted by Crippen LogP contribution is 2.50. The zero-order valence-corrected chi connectivity index (χ0v) is 11.3. The lowest BCUT2D eigenvalue weighted by Crippen LogP contribution is -2.26. The zero-order chi connectivity index (χ0) is 14.4. The summed E-state index contributed by atoms with van der Waals surface area (Å²) in [6.07, 6.45) is 0. The molecular formula is C19H13FO. The van der Waals surface area contributed by atoms with E-state index in [0.717, 1.165) is 22.3 Å². The first-order chi connectivity index (χ1) is 10.2. The maximum atomic E-state index is 13.7. The second-order valence-corrected chi connectivity index (χ2v) is 5.31. The quantitative estimate of drug-likeness (QED) is 0.709. The maximum Gasteiger partial charge on any atom is 0.141 e. The van der Waals surface area contributed by atoms with Gasteiger partial charge in [0.2, 0.25) is 0 Å². The second kappa shape index (κ2) is 4.27. The minimum Gasteiger partial charge on any atom is -0.376 e. The molecule has 2 heteroatoms. The number of benzene rings is 3. The molecule has 0 saturated carbocycles. The minimum atomic E-state index is -1.30. The van der Waals surface area contributed by atoms with Crippen LogP contribution in [0.5, 0.6) is 0 Å². The minimum absolute atomic E-state index is 0.337. The van der Waals surface area contributed by atoms with Gasteiger partial charge in [-0.15, -0.1) is 0 Å². The molecule has 0 heterocycles. The molecule has 3 aromatic carbocycles. The van der Waals surface area contributed by atoms with E-state index in [1.165, 1.54) is 12.1 Å². The average molecular weight is 276 g/mol. The Bertz CT molecular complexity index is 826. The molecule has 1 N–H and O–H groups in total. The molecule has 4 rings (SSSR count). The maximum absolute atomic E-state index is 13.7. The molecule has 1 nitrogen and oxygen atoms in total. The Kier molecular flexibility index (Phi) is 2.50. The summed E-state index contributed by atoms with van der Waals surface area (Å²) in [5.74, 6) is -0.337. The fourth-order valence-electron chi connectivity index (χ4n) is 3.22. The lowest BCUT2D eigenvalue weighted by atomic mass is 9.84. The summed E-state index contributed by atoms with van der Waals surface area (Å²) in [4.78, 5) is 0. The molecule has 0 amide bonds. The first-order valence-electron chi connectivity index (χ1n) is 6.89. The van der Waals surface area contributed by atoms with E-state index in [0.29, 0.717) is 5.56 Å². The third kappa shape index (κ3) is 1.60. The van der Waals surface area contributed by atoms with E-state index in [2.05, 4.69) is 0 Å². The van der Waals surface area contributed by atoms with Crippen molar-refractivity contribution in [2.24, 2.45) is 0 Å². The van der Waals surface area contributed by atoms with Crippen LogP contribution in [0.25, 0.3) is 11.1 Å². The van der Waals surface area contributed by atoms with Crippen molar-refractivity contribution in [3.8, 4) is 11.1 Å². The van der Waals surface area contributed by atoms with E-state index in [1.807, 2.05) is 54.6 Å². The van der Waals surface area contributed by atoms with Gasteiger partial charge in [-0.1, -0.05) is 60.7 Å². The van der Waals surface area contributed by atoms with Gasteiger partial charge < -0.3 is 5.11 Å². The Morgan fingerprint density at radius 3 is 2.19 bits per heavy atom. The highest BCUT2D eigenvalue weighted by molar-refractivity contribution is 5.82. The molecule has 21 heavy (non-hydrogen) atoms. The number of hydrogen-bond donors (Lipinski definition) is 1. The predicted octanol–water partition coefficient (Wildman–Crippen LogP) is 4.09. The number of halogens is 1. The third-order valence-electron chi connectivity index (χ3n) is 4.17. The molecule has 1 unspecified atom stereocenters. The van der Waals surface area contributed by atoms with Gasteiger partial charge in [-0.3, -0.25) is 0 Å². The molecule has 0 bridgehead atoms. The van der Waals surface area contributed by atoms with Crippen LogP contribution in [0, 0.1) is 5.82 Å². The molecule has 0 saturated heterocycles. The summed E-state index contributed by atoms with van der Waals surface area (Å²) in [6, 6.07) is 21.7. The van der Waals surface area contributed by atoms with Crippen LogP contribution in [0.4, 0.5) is 4.39 Å². The predicted molar refractivity (Wildman–Crippen MR) is 80.4 cm³/mol. The monoisotopic (exact) mass is 276 g/mol. The molecule has 1 aliphatic rings. The summed E-state index contributed by atoms with van der Waals surface area (Å²) in [6.45, 7) is 0. The number of hydrogen-bond acceptors (Lipinski definition) is 1. The number of rotatable bonds is 1. The molecular weight excluding hydrogens is 263 g/mol. The van der Waals surface area contributed by atoms with Crippen LogP contribution in [0.15, 0.2) is 72.8 Å². The lowest BCUT2D eigenvalue weighted by molar-refractivity contribution is 0.130. The highest BCUT2D eigenvalue weighted by atomic mass is 19.1. The van der Waals surface area contributed by atoms with Crippen molar-refractivity contribution in [2.45, 2.75) is 5.60 Å². The van der Waals surface area contributed by atoms with E-state index in [9.17, 15) is 9.50 Å². The fraction of sp³-hybridized carbons (Fsp3) is 0.0526. The van der Waals surface area contributed by atoms with Gasteiger partial charge in [0.1, 0.15) is 11.4 Å². The van der Waals surface area contributed by atoms with Crippen LogP contribution in [0.1, 0.15) is 16.7 Å². The number of fused-ring (bicyclic) bond motifs is 3. The van der Waals surface area contributed by atoms with Gasteiger partial charge in [0, 0.05) is 11.1 Å². The van der Waals surface area contributed by atoms with E-state index < -0.39 is 5.60 Å². The van der Waals surface area contributed by atoms with Gasteiger partial charge in [0.25, 0.3) is 0 Å². The van der Waals surface area contributed by atoms with Gasteiger partial charge in [-0.25, -0.2) is 4.39 Å². The van der Waals surface area contributed by atoms with Crippen molar-refractivity contribution in [2.75, 3.05) is 0 Å². The van der Waals surface area contributed by atoms with Crippen LogP contribution >= 0.6 is 0 Å². The third-order valence-corrected chi connectivity index (χ3v) is 4.17. The average Bonchev–Trinajstić information content (AvgIpc) is 2.79. The molecule has 0 radical (unpaired) electrons. The van der Waals surface area contributed by atoms with Crippen molar-refractivity contribution in [1.29, 1.82) is 0 Å². The van der Waals surface area contributed by atoms with Crippen LogP contribution in [0.2, 0.25) is 0 Å². The van der Waals surface area contributed by atoms with E-state index in [-0.39, 0.29) is 5.82 Å². The van der Waals surface area contributed by atoms with E-state index >= 15 is 0 Å². The Balaban J connectivity index is 2.10. The van der Waals surface area contributed by atoms with Crippen molar-refractivity contribution in [3.63, 3.8) is 0 Å². The van der Waals surface area contributed by atoms with Gasteiger partial charge >= 0.3 is 0 Å². The van der Waals surface area contributed by atoms with E-state index in [4.69, 9.17) is 0 Å². The first-order valence-corrected chi connectivity index (χ1v) is 6.89. The molecule has 1 atom stereocenters. The largest absolute Gasteiger partial charge is 0.376 e. The summed E-state index contributed by atoms with van der Waals surface area (Å²) in [5.41, 5.74) is 2.71. The standard InChI is InChI=1S/C19H13FO/c20-14-10-11-16-15-8-4-5-9-17(15)19(21,18(16)12-14)13-6-2-1-3-7-13/h1-12,21H. The SMILES string of the molecule is OC1(c2ccccc2)c2ccccc2-c2ccc(F)cc21. The zero-order valence-electron chi connectivity index (χ0n) is 11.3. The Morgan fingerprint density at radius 1 is 0.714 bits per heavy atom. The Hall–Kier alpha value is -2.45. The van der Waals surface area contributed by atoms with Crippen LogP contribution in [-0.4, -0.2) is 5.11 Å². The fourth-order valence-corrected chi connectivity index (χ4v) is 3.22. The van der Waals surface area contributed by atoms with Gasteiger partial charge in [-0.05, 0) is 28.8 Å². The Labute approximate surface area is 122 Å². The van der Waals surface area contributed by atoms with Crippen LogP contribution < -0.4 is 0 Å². The molecule has 102 valence electrons. The van der Waals surface area contributed by atoms with Crippen LogP contribution in [0.3, 0.4) is 0 Å². The second-order valence-electron chi connectivity index (χ2n) is 5.31. The van der Waals surface area contributed by atoms with Gasteiger partial charge in [0.05, 0.1) is 0 Å². The summed E-state index contributed by atoms with van der Waals surface area (Å²) >= 11 is 0. The van der Waals surface area contributed by atoms with Crippen molar-refractivity contribution in [3.05, 3.63) is 95.3 Å².